The van der Waals surface area contributed by atoms with Crippen molar-refractivity contribution in [3.63, 3.8) is 0 Å². The van der Waals surface area contributed by atoms with Gasteiger partial charge in [-0.3, -0.25) is 19.8 Å². The Bertz CT molecular complexity index is 955. The van der Waals surface area contributed by atoms with Crippen LogP contribution in [-0.4, -0.2) is 33.4 Å². The second-order valence-corrected chi connectivity index (χ2v) is 7.55. The highest BCUT2D eigenvalue weighted by Crippen LogP contribution is 2.22. The molecule has 3 rings (SSSR count). The summed E-state index contributed by atoms with van der Waals surface area (Å²) >= 11 is 12.2. The minimum Gasteiger partial charge on any atom is -0.488 e. The van der Waals surface area contributed by atoms with Gasteiger partial charge in [0.1, 0.15) is 17.9 Å². The molecule has 1 aromatic heterocycles. The van der Waals surface area contributed by atoms with E-state index in [1.165, 1.54) is 22.3 Å². The fourth-order valence-electron chi connectivity index (χ4n) is 2.35. The largest absolute Gasteiger partial charge is 0.488 e. The van der Waals surface area contributed by atoms with Crippen molar-refractivity contribution in [1.82, 2.24) is 15.2 Å². The first kappa shape index (κ1) is 19.2. The summed E-state index contributed by atoms with van der Waals surface area (Å²) in [6.07, 6.45) is 4.70. The van der Waals surface area contributed by atoms with E-state index in [4.69, 9.17) is 28.6 Å². The van der Waals surface area contributed by atoms with Gasteiger partial charge in [0, 0.05) is 12.7 Å². The molecule has 0 unspecified atom stereocenters. The van der Waals surface area contributed by atoms with E-state index >= 15 is 0 Å². The number of amides is 2. The predicted molar refractivity (Wildman–Crippen MR) is 109 cm³/mol. The summed E-state index contributed by atoms with van der Waals surface area (Å²) in [4.78, 5) is 30.9. The van der Waals surface area contributed by atoms with Gasteiger partial charge in [0.05, 0.1) is 4.88 Å². The summed E-state index contributed by atoms with van der Waals surface area (Å²) in [6.45, 7) is 4.14. The van der Waals surface area contributed by atoms with Crippen molar-refractivity contribution in [3.05, 3.63) is 63.6 Å². The lowest BCUT2D eigenvalue weighted by Crippen LogP contribution is -2.53. The minimum atomic E-state index is -0.532. The van der Waals surface area contributed by atoms with Crippen LogP contribution < -0.4 is 10.1 Å². The maximum absolute atomic E-state index is 12.6. The number of aromatic nitrogens is 1. The smallest absolute Gasteiger partial charge is 0.265 e. The molecule has 1 aromatic carbocycles. The van der Waals surface area contributed by atoms with Crippen molar-refractivity contribution >= 4 is 58.2 Å². The number of carbonyl (C=O) groups excluding carboxylic acids is 2. The average molecular weight is 420 g/mol. The third-order valence-electron chi connectivity index (χ3n) is 3.57. The number of hydrogen-bond acceptors (Lipinski definition) is 6. The third kappa shape index (κ3) is 4.60. The number of halogens is 1. The van der Waals surface area contributed by atoms with Crippen molar-refractivity contribution in [3.8, 4) is 5.75 Å². The van der Waals surface area contributed by atoms with Gasteiger partial charge in [0.2, 0.25) is 0 Å². The summed E-state index contributed by atoms with van der Waals surface area (Å²) in [5.41, 5.74) is 0.650. The number of thiocarbonyl (C=S) groups is 1. The van der Waals surface area contributed by atoms with Gasteiger partial charge >= 0.3 is 0 Å². The van der Waals surface area contributed by atoms with Crippen molar-refractivity contribution in [2.75, 3.05) is 6.54 Å². The molecule has 9 heteroatoms. The van der Waals surface area contributed by atoms with Crippen LogP contribution >= 0.6 is 35.2 Å². The van der Waals surface area contributed by atoms with Crippen LogP contribution in [0.3, 0.4) is 0 Å². The van der Waals surface area contributed by atoms with Crippen molar-refractivity contribution < 1.29 is 14.3 Å². The maximum atomic E-state index is 12.6. The molecule has 2 aromatic rings. The molecule has 0 aliphatic carbocycles. The second-order valence-electron chi connectivity index (χ2n) is 5.46. The number of nitrogens with zero attached hydrogens (tertiary/aromatic N) is 2. The standard InChI is InChI=1S/C18H14ClN3O3S2/c1-2-6-22-16(24)14(15(23)21-18(22)26)8-11-4-3-5-12(7-11)25-10-13-9-20-17(19)27-13/h2-5,7-9H,1,6,10H2,(H,21,23,26). The molecule has 0 atom stereocenters. The Morgan fingerprint density at radius 3 is 2.93 bits per heavy atom. The highest BCUT2D eigenvalue weighted by Gasteiger charge is 2.32. The number of ether oxygens (including phenoxy) is 1. The summed E-state index contributed by atoms with van der Waals surface area (Å²) in [7, 11) is 0. The fourth-order valence-corrected chi connectivity index (χ4v) is 3.50. The molecule has 1 saturated heterocycles. The Kier molecular flexibility index (Phi) is 6.00. The molecule has 1 fully saturated rings. The Balaban J connectivity index is 1.79. The van der Waals surface area contributed by atoms with E-state index in [0.29, 0.717) is 22.4 Å². The molecule has 138 valence electrons. The first-order valence-corrected chi connectivity index (χ1v) is 9.41. The molecule has 0 saturated carbocycles. The summed E-state index contributed by atoms with van der Waals surface area (Å²) < 4.78 is 6.17. The van der Waals surface area contributed by atoms with Gasteiger partial charge in [-0.25, -0.2) is 4.98 Å². The fraction of sp³-hybridized carbons (Fsp3) is 0.111. The van der Waals surface area contributed by atoms with E-state index in [1.807, 2.05) is 0 Å². The Morgan fingerprint density at radius 2 is 2.22 bits per heavy atom. The van der Waals surface area contributed by atoms with E-state index in [-0.39, 0.29) is 17.2 Å². The zero-order valence-electron chi connectivity index (χ0n) is 14.0. The Labute approximate surface area is 170 Å². The zero-order valence-corrected chi connectivity index (χ0v) is 16.4. The van der Waals surface area contributed by atoms with Crippen LogP contribution in [0.25, 0.3) is 6.08 Å². The maximum Gasteiger partial charge on any atom is 0.265 e. The van der Waals surface area contributed by atoms with Crippen molar-refractivity contribution in [2.45, 2.75) is 6.61 Å². The van der Waals surface area contributed by atoms with Gasteiger partial charge in [-0.2, -0.15) is 0 Å². The van der Waals surface area contributed by atoms with Crippen LogP contribution in [0.2, 0.25) is 4.47 Å². The number of benzene rings is 1. The van der Waals surface area contributed by atoms with Crippen LogP contribution in [0.5, 0.6) is 5.75 Å². The summed E-state index contributed by atoms with van der Waals surface area (Å²) in [6, 6.07) is 7.07. The number of thiazole rings is 1. The molecule has 0 spiro atoms. The topological polar surface area (TPSA) is 71.5 Å². The van der Waals surface area contributed by atoms with Crippen LogP contribution in [0, 0.1) is 0 Å². The SMILES string of the molecule is C=CCN1C(=O)C(=Cc2cccc(OCc3cnc(Cl)s3)c2)C(=O)NC1=S. The van der Waals surface area contributed by atoms with E-state index in [0.717, 1.165) is 4.88 Å². The van der Waals surface area contributed by atoms with Gasteiger partial charge in [0.15, 0.2) is 9.58 Å². The van der Waals surface area contributed by atoms with Gasteiger partial charge in [-0.15, -0.1) is 17.9 Å². The normalized spacial score (nSPS) is 15.8. The lowest BCUT2D eigenvalue weighted by Gasteiger charge is -2.27. The van der Waals surface area contributed by atoms with Gasteiger partial charge in [0.25, 0.3) is 11.8 Å². The lowest BCUT2D eigenvalue weighted by atomic mass is 10.1. The Hall–Kier alpha value is -2.55. The van der Waals surface area contributed by atoms with Crippen LogP contribution in [0.4, 0.5) is 0 Å². The van der Waals surface area contributed by atoms with Crippen LogP contribution in [0.1, 0.15) is 10.4 Å². The second kappa shape index (κ2) is 8.43. The lowest BCUT2D eigenvalue weighted by molar-refractivity contribution is -0.128. The number of rotatable bonds is 6. The molecule has 0 bridgehead atoms. The highest BCUT2D eigenvalue weighted by molar-refractivity contribution is 7.80. The zero-order chi connectivity index (χ0) is 19.4. The van der Waals surface area contributed by atoms with E-state index in [1.54, 1.807) is 36.5 Å². The van der Waals surface area contributed by atoms with Crippen molar-refractivity contribution in [1.29, 1.82) is 0 Å². The first-order valence-electron chi connectivity index (χ1n) is 7.81. The van der Waals surface area contributed by atoms with Crippen molar-refractivity contribution in [2.24, 2.45) is 0 Å². The number of hydrogen-bond donors (Lipinski definition) is 1. The summed E-state index contributed by atoms with van der Waals surface area (Å²) in [5.74, 6) is -0.402. The van der Waals surface area contributed by atoms with E-state index in [9.17, 15) is 9.59 Å². The predicted octanol–water partition coefficient (Wildman–Crippen LogP) is 3.19. The molecular formula is C18H14ClN3O3S2. The molecular weight excluding hydrogens is 406 g/mol. The molecule has 1 aliphatic rings. The monoisotopic (exact) mass is 419 g/mol. The molecule has 2 heterocycles. The summed E-state index contributed by atoms with van der Waals surface area (Å²) in [5, 5.41) is 2.58. The minimum absolute atomic E-state index is 0.00293. The van der Waals surface area contributed by atoms with Gasteiger partial charge < -0.3 is 4.74 Å². The first-order chi connectivity index (χ1) is 13.0. The molecule has 27 heavy (non-hydrogen) atoms. The highest BCUT2D eigenvalue weighted by atomic mass is 35.5. The Morgan fingerprint density at radius 1 is 1.41 bits per heavy atom. The molecule has 0 radical (unpaired) electrons. The third-order valence-corrected chi connectivity index (χ3v) is 4.98. The molecule has 1 N–H and O–H groups in total. The van der Waals surface area contributed by atoms with Gasteiger partial charge in [-0.1, -0.05) is 29.8 Å². The molecule has 1 aliphatic heterocycles. The number of carbonyl (C=O) groups is 2. The molecule has 2 amide bonds. The van der Waals surface area contributed by atoms with Crippen LogP contribution in [-0.2, 0) is 16.2 Å². The van der Waals surface area contributed by atoms with E-state index < -0.39 is 11.8 Å². The molecule has 6 nitrogen and oxygen atoms in total. The van der Waals surface area contributed by atoms with Crippen LogP contribution in [0.15, 0.2) is 48.7 Å². The number of nitrogens with one attached hydrogen (secondary N) is 1. The van der Waals surface area contributed by atoms with E-state index in [2.05, 4.69) is 16.9 Å². The quantitative estimate of drug-likeness (QED) is 0.337. The van der Waals surface area contributed by atoms with Gasteiger partial charge in [-0.05, 0) is 36.0 Å². The average Bonchev–Trinajstić information content (AvgIpc) is 3.06.